The van der Waals surface area contributed by atoms with Crippen molar-refractivity contribution in [2.75, 3.05) is 7.11 Å². The molecule has 2 rings (SSSR count). The molecule has 8 nitrogen and oxygen atoms in total. The van der Waals surface area contributed by atoms with Crippen LogP contribution in [0.25, 0.3) is 0 Å². The Morgan fingerprint density at radius 2 is 1.49 bits per heavy atom. The molecule has 1 aliphatic carbocycles. The van der Waals surface area contributed by atoms with E-state index in [1.165, 1.54) is 7.11 Å². The summed E-state index contributed by atoms with van der Waals surface area (Å²) in [5.74, 6) is -0.694. The van der Waals surface area contributed by atoms with Gasteiger partial charge in [-0.2, -0.15) is 0 Å². The Kier molecular flexibility index (Phi) is 8.89. The van der Waals surface area contributed by atoms with Crippen molar-refractivity contribution in [2.45, 2.75) is 115 Å². The fraction of sp³-hybridized carbons (Fsp3) is 0.792. The van der Waals surface area contributed by atoms with Crippen LogP contribution in [0, 0.1) is 0 Å². The summed E-state index contributed by atoms with van der Waals surface area (Å²) < 4.78 is 26.6. The predicted octanol–water partition coefficient (Wildman–Crippen LogP) is 4.88. The van der Waals surface area contributed by atoms with Gasteiger partial charge in [-0.1, -0.05) is 41.5 Å². The third-order valence-electron chi connectivity index (χ3n) is 7.83. The molecule has 1 saturated carbocycles. The van der Waals surface area contributed by atoms with E-state index in [0.29, 0.717) is 0 Å². The maximum atomic E-state index is 12.8. The highest BCUT2D eigenvalue weighted by Gasteiger charge is 2.56. The summed E-state index contributed by atoms with van der Waals surface area (Å²) in [7, 11) is -3.39. The quantitative estimate of drug-likeness (QED) is 0.308. The minimum absolute atomic E-state index is 0.0285. The summed E-state index contributed by atoms with van der Waals surface area (Å²) in [6.07, 6.45) is 3.07. The molecule has 0 saturated heterocycles. The van der Waals surface area contributed by atoms with Gasteiger partial charge in [0.05, 0.1) is 19.3 Å². The molecule has 200 valence electrons. The van der Waals surface area contributed by atoms with Gasteiger partial charge in [0.25, 0.3) is 5.17 Å². The number of hydrogen-bond acceptors (Lipinski definition) is 8. The number of ether oxygens (including phenoxy) is 2. The third-order valence-corrected chi connectivity index (χ3v) is 17.1. The van der Waals surface area contributed by atoms with Gasteiger partial charge in [0.2, 0.25) is 0 Å². The van der Waals surface area contributed by atoms with Crippen LogP contribution in [0.15, 0.2) is 18.7 Å². The minimum atomic E-state index is -2.33. The Morgan fingerprint density at radius 3 is 1.83 bits per heavy atom. The van der Waals surface area contributed by atoms with E-state index < -0.39 is 46.5 Å². The number of esters is 1. The SMILES string of the molecule is COC(=O)C1(O)CC(O[Si](C)(C)C(C)(C)C)C(OC(=S)n2ccnc2)C(O[Si](C)(C)C(C)(C)C)C1. The monoisotopic (exact) mass is 544 g/mol. The lowest BCUT2D eigenvalue weighted by Crippen LogP contribution is -2.63. The molecule has 1 heterocycles. The van der Waals surface area contributed by atoms with Crippen molar-refractivity contribution in [1.82, 2.24) is 9.55 Å². The second-order valence-electron chi connectivity index (χ2n) is 12.6. The van der Waals surface area contributed by atoms with Gasteiger partial charge < -0.3 is 23.4 Å². The highest BCUT2D eigenvalue weighted by Crippen LogP contribution is 2.45. The average Bonchev–Trinajstić information content (AvgIpc) is 3.22. The van der Waals surface area contributed by atoms with Crippen LogP contribution in [0.3, 0.4) is 0 Å². The molecule has 0 aromatic carbocycles. The van der Waals surface area contributed by atoms with Gasteiger partial charge in [-0.3, -0.25) is 4.57 Å². The van der Waals surface area contributed by atoms with Gasteiger partial charge in [0.1, 0.15) is 6.33 Å². The van der Waals surface area contributed by atoms with E-state index in [1.807, 2.05) is 0 Å². The number of nitrogens with zero attached hydrogens (tertiary/aromatic N) is 2. The van der Waals surface area contributed by atoms with E-state index in [-0.39, 0.29) is 28.1 Å². The van der Waals surface area contributed by atoms with Crippen LogP contribution < -0.4 is 0 Å². The normalized spacial score (nSPS) is 26.3. The maximum Gasteiger partial charge on any atom is 0.338 e. The summed E-state index contributed by atoms with van der Waals surface area (Å²) in [5.41, 5.74) is -1.76. The van der Waals surface area contributed by atoms with Crippen LogP contribution >= 0.6 is 12.2 Å². The second kappa shape index (κ2) is 10.3. The smallest absolute Gasteiger partial charge is 0.338 e. The molecule has 0 bridgehead atoms. The summed E-state index contributed by atoms with van der Waals surface area (Å²) in [6.45, 7) is 21.4. The summed E-state index contributed by atoms with van der Waals surface area (Å²) in [4.78, 5) is 16.8. The van der Waals surface area contributed by atoms with Crippen LogP contribution in [0.1, 0.15) is 54.4 Å². The highest BCUT2D eigenvalue weighted by atomic mass is 32.1. The number of aromatic nitrogens is 2. The molecule has 1 aromatic rings. The molecule has 1 aromatic heterocycles. The van der Waals surface area contributed by atoms with Crippen LogP contribution in [-0.4, -0.2) is 73.5 Å². The van der Waals surface area contributed by atoms with Crippen LogP contribution in [-0.2, 0) is 23.1 Å². The van der Waals surface area contributed by atoms with E-state index in [4.69, 9.17) is 30.5 Å². The van der Waals surface area contributed by atoms with Crippen molar-refractivity contribution in [2.24, 2.45) is 0 Å². The molecule has 35 heavy (non-hydrogen) atoms. The fourth-order valence-corrected chi connectivity index (χ4v) is 6.48. The lowest BCUT2D eigenvalue weighted by molar-refractivity contribution is -0.185. The molecule has 0 amide bonds. The lowest BCUT2D eigenvalue weighted by atomic mass is 9.79. The zero-order chi connectivity index (χ0) is 27.0. The number of rotatable bonds is 6. The van der Waals surface area contributed by atoms with Crippen LogP contribution in [0.5, 0.6) is 0 Å². The fourth-order valence-electron chi connectivity index (χ4n) is 3.60. The van der Waals surface area contributed by atoms with Crippen molar-refractivity contribution < 1.29 is 28.2 Å². The first kappa shape index (κ1) is 30.1. The van der Waals surface area contributed by atoms with Gasteiger partial charge in [-0.15, -0.1) is 0 Å². The van der Waals surface area contributed by atoms with Crippen molar-refractivity contribution in [3.63, 3.8) is 0 Å². The van der Waals surface area contributed by atoms with Crippen LogP contribution in [0.2, 0.25) is 36.3 Å². The van der Waals surface area contributed by atoms with Crippen molar-refractivity contribution >= 4 is 40.0 Å². The van der Waals surface area contributed by atoms with E-state index in [9.17, 15) is 9.90 Å². The zero-order valence-electron chi connectivity index (χ0n) is 23.2. The van der Waals surface area contributed by atoms with Crippen molar-refractivity contribution in [3.8, 4) is 0 Å². The molecule has 1 fully saturated rings. The maximum absolute atomic E-state index is 12.8. The molecule has 2 unspecified atom stereocenters. The van der Waals surface area contributed by atoms with Crippen molar-refractivity contribution in [3.05, 3.63) is 18.7 Å². The summed E-state index contributed by atoms with van der Waals surface area (Å²) >= 11 is 5.58. The minimum Gasteiger partial charge on any atom is -0.467 e. The van der Waals surface area contributed by atoms with Gasteiger partial charge in [-0.05, 0) is 48.5 Å². The first-order valence-corrected chi connectivity index (χ1v) is 18.3. The van der Waals surface area contributed by atoms with Crippen molar-refractivity contribution in [1.29, 1.82) is 0 Å². The van der Waals surface area contributed by atoms with E-state index in [0.717, 1.165) is 0 Å². The number of methoxy groups -OCH3 is 1. The van der Waals surface area contributed by atoms with E-state index in [1.54, 1.807) is 23.3 Å². The predicted molar refractivity (Wildman–Crippen MR) is 145 cm³/mol. The molecule has 1 N–H and O–H groups in total. The Hall–Kier alpha value is -1.12. The third kappa shape index (κ3) is 6.81. The Balaban J connectivity index is 2.56. The largest absolute Gasteiger partial charge is 0.467 e. The number of carbonyl (C=O) groups excluding carboxylic acids is 1. The van der Waals surface area contributed by atoms with Gasteiger partial charge in [0, 0.05) is 25.2 Å². The number of carbonyl (C=O) groups is 1. The number of imidazole rings is 1. The van der Waals surface area contributed by atoms with E-state index in [2.05, 4.69) is 72.7 Å². The highest BCUT2D eigenvalue weighted by molar-refractivity contribution is 7.80. The van der Waals surface area contributed by atoms with Gasteiger partial charge >= 0.3 is 5.97 Å². The van der Waals surface area contributed by atoms with Crippen LogP contribution in [0.4, 0.5) is 0 Å². The summed E-state index contributed by atoms with van der Waals surface area (Å²) in [6, 6.07) is 0. The number of aliphatic hydroxyl groups is 1. The lowest BCUT2D eigenvalue weighted by Gasteiger charge is -2.50. The first-order valence-electron chi connectivity index (χ1n) is 12.1. The Morgan fingerprint density at radius 1 is 1.03 bits per heavy atom. The first-order chi connectivity index (χ1) is 15.7. The van der Waals surface area contributed by atoms with Gasteiger partial charge in [0.15, 0.2) is 28.3 Å². The molecule has 11 heteroatoms. The van der Waals surface area contributed by atoms with Gasteiger partial charge in [-0.25, -0.2) is 9.78 Å². The number of hydrogen-bond donors (Lipinski definition) is 1. The number of thiocarbonyl (C=S) groups is 1. The standard InChI is InChI=1S/C24H44N2O6SSi2/c1-22(2,3)34(8,9)31-17-14-24(28,20(27)29-7)15-18(32-35(10,11)23(4,5)6)19(17)30-21(33)26-13-12-25-16-26/h12-13,16-19,28H,14-15H2,1-11H3. The molecule has 0 aliphatic heterocycles. The molecule has 0 spiro atoms. The molecule has 2 atom stereocenters. The van der Waals surface area contributed by atoms with E-state index >= 15 is 0 Å². The topological polar surface area (TPSA) is 92.0 Å². The Labute approximate surface area is 218 Å². The second-order valence-corrected chi connectivity index (χ2v) is 22.4. The summed E-state index contributed by atoms with van der Waals surface area (Å²) in [5, 5.41) is 11.5. The molecular weight excluding hydrogens is 501 g/mol. The Bertz CT molecular complexity index is 855. The molecule has 0 radical (unpaired) electrons. The molecular formula is C24H44N2O6SSi2. The average molecular weight is 545 g/mol. The molecule has 1 aliphatic rings. The zero-order valence-corrected chi connectivity index (χ0v) is 26.0.